The first-order valence-electron chi connectivity index (χ1n) is 3.67. The lowest BCUT2D eigenvalue weighted by Crippen LogP contribution is -2.37. The average molecular weight is 161 g/mol. The van der Waals surface area contributed by atoms with Crippen LogP contribution >= 0.6 is 0 Å². The van der Waals surface area contributed by atoms with E-state index in [0.29, 0.717) is 19.6 Å². The van der Waals surface area contributed by atoms with Gasteiger partial charge in [0.05, 0.1) is 6.61 Å². The lowest BCUT2D eigenvalue weighted by molar-refractivity contribution is -0.139. The molecule has 2 N–H and O–H groups in total. The van der Waals surface area contributed by atoms with Crippen molar-refractivity contribution in [3.05, 3.63) is 0 Å². The smallest absolute Gasteiger partial charge is 0.320 e. The van der Waals surface area contributed by atoms with Crippen LogP contribution in [0, 0.1) is 0 Å². The number of carboxylic acid groups (broad SMARTS) is 1. The minimum absolute atomic E-state index is 0.440. The monoisotopic (exact) mass is 161 g/mol. The van der Waals surface area contributed by atoms with Gasteiger partial charge in [0.15, 0.2) is 0 Å². The Balaban J connectivity index is 3.44. The third kappa shape index (κ3) is 4.75. The summed E-state index contributed by atoms with van der Waals surface area (Å²) in [6, 6.07) is -0.440. The van der Waals surface area contributed by atoms with Gasteiger partial charge in [-0.05, 0) is 6.42 Å². The molecule has 0 radical (unpaired) electrons. The van der Waals surface area contributed by atoms with Crippen LogP contribution in [0.5, 0.6) is 0 Å². The van der Waals surface area contributed by atoms with E-state index < -0.39 is 12.0 Å². The molecule has 4 nitrogen and oxygen atoms in total. The lowest BCUT2D eigenvalue weighted by atomic mass is 10.2. The van der Waals surface area contributed by atoms with Gasteiger partial charge in [-0.25, -0.2) is 0 Å². The maximum absolute atomic E-state index is 10.4. The van der Waals surface area contributed by atoms with E-state index in [9.17, 15) is 4.79 Å². The molecule has 0 aliphatic rings. The largest absolute Gasteiger partial charge is 0.480 e. The van der Waals surface area contributed by atoms with Crippen LogP contribution in [0.3, 0.4) is 0 Å². The maximum atomic E-state index is 10.4. The molecule has 0 rings (SSSR count). The van der Waals surface area contributed by atoms with Crippen LogP contribution in [0.15, 0.2) is 0 Å². The van der Waals surface area contributed by atoms with Crippen molar-refractivity contribution >= 4 is 5.97 Å². The van der Waals surface area contributed by atoms with E-state index >= 15 is 0 Å². The zero-order chi connectivity index (χ0) is 8.69. The molecule has 0 amide bonds. The van der Waals surface area contributed by atoms with Crippen LogP contribution in [0.2, 0.25) is 0 Å². The molecule has 1 atom stereocenters. The van der Waals surface area contributed by atoms with Gasteiger partial charge in [-0.1, -0.05) is 6.92 Å². The van der Waals surface area contributed by atoms with Crippen molar-refractivity contribution in [3.63, 3.8) is 0 Å². The number of rotatable bonds is 6. The van der Waals surface area contributed by atoms with Crippen molar-refractivity contribution in [2.75, 3.05) is 20.3 Å². The highest BCUT2D eigenvalue weighted by molar-refractivity contribution is 5.73. The normalized spacial score (nSPS) is 12.9. The van der Waals surface area contributed by atoms with Crippen LogP contribution in [-0.2, 0) is 9.53 Å². The van der Waals surface area contributed by atoms with Gasteiger partial charge in [0.1, 0.15) is 6.04 Å². The molecule has 1 unspecified atom stereocenters. The zero-order valence-electron chi connectivity index (χ0n) is 6.96. The number of methoxy groups -OCH3 is 1. The molecular weight excluding hydrogens is 146 g/mol. The highest BCUT2D eigenvalue weighted by atomic mass is 16.5. The number of hydrogen-bond donors (Lipinski definition) is 2. The summed E-state index contributed by atoms with van der Waals surface area (Å²) >= 11 is 0. The first-order chi connectivity index (χ1) is 5.22. The minimum Gasteiger partial charge on any atom is -0.480 e. The highest BCUT2D eigenvalue weighted by Gasteiger charge is 2.12. The van der Waals surface area contributed by atoms with E-state index in [-0.39, 0.29) is 0 Å². The van der Waals surface area contributed by atoms with E-state index in [0.717, 1.165) is 0 Å². The number of hydrogen-bond acceptors (Lipinski definition) is 3. The maximum Gasteiger partial charge on any atom is 0.320 e. The van der Waals surface area contributed by atoms with Crippen molar-refractivity contribution in [3.8, 4) is 0 Å². The molecule has 0 bridgehead atoms. The Kier molecular flexibility index (Phi) is 5.78. The van der Waals surface area contributed by atoms with Gasteiger partial charge in [0.25, 0.3) is 0 Å². The van der Waals surface area contributed by atoms with Gasteiger partial charge in [-0.15, -0.1) is 0 Å². The molecule has 4 heteroatoms. The molecule has 0 aliphatic carbocycles. The summed E-state index contributed by atoms with van der Waals surface area (Å²) in [6.45, 7) is 2.96. The number of carboxylic acids is 1. The fraction of sp³-hybridized carbons (Fsp3) is 0.857. The second kappa shape index (κ2) is 6.12. The molecule has 0 aliphatic heterocycles. The van der Waals surface area contributed by atoms with Gasteiger partial charge in [0.2, 0.25) is 0 Å². The average Bonchev–Trinajstić information content (AvgIpc) is 1.97. The van der Waals surface area contributed by atoms with E-state index in [1.165, 1.54) is 0 Å². The molecule has 0 heterocycles. The van der Waals surface area contributed by atoms with Crippen LogP contribution in [0.25, 0.3) is 0 Å². The van der Waals surface area contributed by atoms with Crippen molar-refractivity contribution in [2.45, 2.75) is 19.4 Å². The summed E-state index contributed by atoms with van der Waals surface area (Å²) in [5.74, 6) is -0.802. The topological polar surface area (TPSA) is 58.6 Å². The summed E-state index contributed by atoms with van der Waals surface area (Å²) in [5.41, 5.74) is 0. The molecule has 0 spiro atoms. The predicted octanol–water partition coefficient (Wildman–Crippen LogP) is 0.0856. The predicted molar refractivity (Wildman–Crippen MR) is 41.6 cm³/mol. The fourth-order valence-electron chi connectivity index (χ4n) is 0.741. The molecule has 66 valence electrons. The van der Waals surface area contributed by atoms with E-state index in [1.807, 2.05) is 6.92 Å². The Morgan fingerprint density at radius 2 is 2.36 bits per heavy atom. The summed E-state index contributed by atoms with van der Waals surface area (Å²) in [6.07, 6.45) is 0.596. The van der Waals surface area contributed by atoms with Gasteiger partial charge in [-0.3, -0.25) is 4.79 Å². The van der Waals surface area contributed by atoms with Gasteiger partial charge in [0, 0.05) is 13.7 Å². The summed E-state index contributed by atoms with van der Waals surface area (Å²) in [4.78, 5) is 10.4. The number of nitrogens with one attached hydrogen (secondary N) is 1. The molecular formula is C7H15NO3. The minimum atomic E-state index is -0.802. The zero-order valence-corrected chi connectivity index (χ0v) is 6.96. The molecule has 0 aromatic heterocycles. The molecule has 0 saturated heterocycles. The molecule has 11 heavy (non-hydrogen) atoms. The van der Waals surface area contributed by atoms with Gasteiger partial charge < -0.3 is 15.2 Å². The first kappa shape index (κ1) is 10.4. The lowest BCUT2D eigenvalue weighted by Gasteiger charge is -2.10. The van der Waals surface area contributed by atoms with Crippen molar-refractivity contribution in [2.24, 2.45) is 0 Å². The fourth-order valence-corrected chi connectivity index (χ4v) is 0.741. The summed E-state index contributed by atoms with van der Waals surface area (Å²) < 4.78 is 4.76. The Bertz CT molecular complexity index is 116. The van der Waals surface area contributed by atoms with Gasteiger partial charge in [-0.2, -0.15) is 0 Å². The van der Waals surface area contributed by atoms with Crippen LogP contribution in [-0.4, -0.2) is 37.4 Å². The second-order valence-electron chi connectivity index (χ2n) is 2.25. The van der Waals surface area contributed by atoms with Crippen molar-refractivity contribution < 1.29 is 14.6 Å². The van der Waals surface area contributed by atoms with E-state index in [2.05, 4.69) is 5.32 Å². The Hall–Kier alpha value is -0.610. The van der Waals surface area contributed by atoms with Crippen molar-refractivity contribution in [1.29, 1.82) is 0 Å². The van der Waals surface area contributed by atoms with Crippen LogP contribution in [0.4, 0.5) is 0 Å². The second-order valence-corrected chi connectivity index (χ2v) is 2.25. The molecule has 0 saturated carbocycles. The van der Waals surface area contributed by atoms with Crippen molar-refractivity contribution in [1.82, 2.24) is 5.32 Å². The van der Waals surface area contributed by atoms with Crippen LogP contribution < -0.4 is 5.32 Å². The summed E-state index contributed by atoms with van der Waals surface area (Å²) in [7, 11) is 1.59. The Morgan fingerprint density at radius 1 is 1.73 bits per heavy atom. The molecule has 0 fully saturated rings. The van der Waals surface area contributed by atoms with E-state index in [1.54, 1.807) is 7.11 Å². The molecule has 0 aromatic rings. The SMILES string of the molecule is CCC(NCCOC)C(=O)O. The Labute approximate surface area is 66.5 Å². The summed E-state index contributed by atoms with van der Waals surface area (Å²) in [5, 5.41) is 11.4. The molecule has 0 aromatic carbocycles. The Morgan fingerprint density at radius 3 is 2.73 bits per heavy atom. The highest BCUT2D eigenvalue weighted by Crippen LogP contribution is 1.89. The quantitative estimate of drug-likeness (QED) is 0.542. The van der Waals surface area contributed by atoms with Gasteiger partial charge >= 0.3 is 5.97 Å². The van der Waals surface area contributed by atoms with E-state index in [4.69, 9.17) is 9.84 Å². The first-order valence-corrected chi connectivity index (χ1v) is 3.67. The number of carbonyl (C=O) groups is 1. The van der Waals surface area contributed by atoms with Crippen LogP contribution in [0.1, 0.15) is 13.3 Å². The number of aliphatic carboxylic acids is 1. The standard InChI is InChI=1S/C7H15NO3/c1-3-6(7(9)10)8-4-5-11-2/h6,8H,3-5H2,1-2H3,(H,9,10). The number of ether oxygens (including phenoxy) is 1. The third-order valence-corrected chi connectivity index (χ3v) is 1.40. The third-order valence-electron chi connectivity index (χ3n) is 1.40.